The zero-order chi connectivity index (χ0) is 37.1. The lowest BCUT2D eigenvalue weighted by atomic mass is 10.0. The van der Waals surface area contributed by atoms with E-state index in [1.54, 1.807) is 0 Å². The van der Waals surface area contributed by atoms with Gasteiger partial charge in [0.1, 0.15) is 0 Å². The van der Waals surface area contributed by atoms with Crippen molar-refractivity contribution in [2.24, 2.45) is 0 Å². The molecule has 0 aromatic rings. The van der Waals surface area contributed by atoms with E-state index in [9.17, 15) is 15.0 Å². The van der Waals surface area contributed by atoms with Crippen molar-refractivity contribution in [3.63, 3.8) is 0 Å². The summed E-state index contributed by atoms with van der Waals surface area (Å²) in [5.41, 5.74) is 0. The third-order valence-electron chi connectivity index (χ3n) is 8.86. The van der Waals surface area contributed by atoms with Gasteiger partial charge >= 0.3 is 0 Å². The van der Waals surface area contributed by atoms with Crippen LogP contribution in [0.4, 0.5) is 0 Å². The number of aliphatic hydroxyl groups is 2. The number of rotatable bonds is 36. The average molecular weight is 706 g/mol. The second kappa shape index (κ2) is 41.7. The molecule has 0 aliphatic rings. The fraction of sp³-hybridized carbons (Fsp3) is 0.638. The van der Waals surface area contributed by atoms with Crippen LogP contribution in [-0.4, -0.2) is 34.9 Å². The molecule has 0 aromatic heterocycles. The number of allylic oxidation sites excluding steroid dienone is 16. The number of amides is 1. The standard InChI is InChI=1S/C47H79NO3/c1-3-5-7-9-10-11-12-13-14-15-16-17-18-19-20-21-22-23-24-25-26-27-28-29-30-31-32-33-34-35-36-37-38-39-41-43-47(51)48-45(44-49)46(50)42-40-8-6-4-2/h5,7,10-11,13-14,16-17,19-20,22-23,25-26,28-29,45-46,49-50H,3-4,6,8-9,12,15,18,21,24,27,30-44H2,1-2H3,(H,48,51)/b7-5-,11-10-,14-13-,17-16-,20-19-,23-22-,26-25-,29-28-. The SMILES string of the molecule is CC/C=C\C/C=C\C/C=C\C/C=C\C/C=C\C/C=C\C/C=C\C/C=C\CCCCCCCCCCCCC(=O)NC(CO)C(O)CCCCCC. The molecule has 290 valence electrons. The van der Waals surface area contributed by atoms with Crippen molar-refractivity contribution in [3.8, 4) is 0 Å². The molecule has 0 radical (unpaired) electrons. The summed E-state index contributed by atoms with van der Waals surface area (Å²) in [7, 11) is 0. The van der Waals surface area contributed by atoms with Crippen molar-refractivity contribution in [1.82, 2.24) is 5.32 Å². The highest BCUT2D eigenvalue weighted by Gasteiger charge is 2.19. The summed E-state index contributed by atoms with van der Waals surface area (Å²) < 4.78 is 0. The van der Waals surface area contributed by atoms with Gasteiger partial charge in [0.05, 0.1) is 18.8 Å². The molecule has 0 bridgehead atoms. The van der Waals surface area contributed by atoms with Gasteiger partial charge in [-0.2, -0.15) is 0 Å². The van der Waals surface area contributed by atoms with Gasteiger partial charge in [0.15, 0.2) is 0 Å². The Bertz CT molecular complexity index is 983. The summed E-state index contributed by atoms with van der Waals surface area (Å²) in [6.45, 7) is 4.12. The van der Waals surface area contributed by atoms with Crippen LogP contribution in [0.2, 0.25) is 0 Å². The average Bonchev–Trinajstić information content (AvgIpc) is 3.13. The molecule has 0 saturated heterocycles. The highest BCUT2D eigenvalue weighted by molar-refractivity contribution is 5.76. The Morgan fingerprint density at radius 2 is 0.863 bits per heavy atom. The van der Waals surface area contributed by atoms with E-state index in [0.717, 1.165) is 89.9 Å². The van der Waals surface area contributed by atoms with Crippen LogP contribution in [0.25, 0.3) is 0 Å². The van der Waals surface area contributed by atoms with Crippen LogP contribution in [0.1, 0.15) is 174 Å². The van der Waals surface area contributed by atoms with Crippen LogP contribution in [0, 0.1) is 0 Å². The summed E-state index contributed by atoms with van der Waals surface area (Å²) in [4.78, 5) is 12.2. The minimum Gasteiger partial charge on any atom is -0.394 e. The molecule has 4 nitrogen and oxygen atoms in total. The first kappa shape index (κ1) is 48.3. The summed E-state index contributed by atoms with van der Waals surface area (Å²) in [5.74, 6) is -0.0511. The van der Waals surface area contributed by atoms with E-state index in [4.69, 9.17) is 0 Å². The predicted molar refractivity (Wildman–Crippen MR) is 225 cm³/mol. The molecule has 0 heterocycles. The predicted octanol–water partition coefficient (Wildman–Crippen LogP) is 13.1. The third kappa shape index (κ3) is 38.4. The second-order valence-electron chi connectivity index (χ2n) is 13.7. The van der Waals surface area contributed by atoms with Gasteiger partial charge in [0, 0.05) is 6.42 Å². The first-order valence-electron chi connectivity index (χ1n) is 20.9. The molecule has 0 aliphatic carbocycles. The zero-order valence-electron chi connectivity index (χ0n) is 33.1. The van der Waals surface area contributed by atoms with Gasteiger partial charge in [0.25, 0.3) is 0 Å². The van der Waals surface area contributed by atoms with Crippen LogP contribution in [0.5, 0.6) is 0 Å². The van der Waals surface area contributed by atoms with Crippen LogP contribution in [0.15, 0.2) is 97.2 Å². The number of carbonyl (C=O) groups is 1. The van der Waals surface area contributed by atoms with Crippen LogP contribution >= 0.6 is 0 Å². The smallest absolute Gasteiger partial charge is 0.220 e. The number of hydrogen-bond donors (Lipinski definition) is 3. The van der Waals surface area contributed by atoms with Gasteiger partial charge in [0.2, 0.25) is 5.91 Å². The Hall–Kier alpha value is -2.69. The highest BCUT2D eigenvalue weighted by atomic mass is 16.3. The van der Waals surface area contributed by atoms with E-state index < -0.39 is 12.1 Å². The Kier molecular flexibility index (Phi) is 39.5. The fourth-order valence-corrected chi connectivity index (χ4v) is 5.67. The van der Waals surface area contributed by atoms with Gasteiger partial charge in [-0.3, -0.25) is 4.79 Å². The summed E-state index contributed by atoms with van der Waals surface area (Å²) in [6.07, 6.45) is 62.4. The van der Waals surface area contributed by atoms with E-state index in [-0.39, 0.29) is 12.5 Å². The quantitative estimate of drug-likeness (QED) is 0.0449. The lowest BCUT2D eigenvalue weighted by molar-refractivity contribution is -0.123. The Morgan fingerprint density at radius 3 is 1.27 bits per heavy atom. The van der Waals surface area contributed by atoms with E-state index in [0.29, 0.717) is 12.8 Å². The van der Waals surface area contributed by atoms with E-state index in [1.807, 2.05) is 0 Å². The summed E-state index contributed by atoms with van der Waals surface area (Å²) >= 11 is 0. The molecule has 0 spiro atoms. The van der Waals surface area contributed by atoms with Gasteiger partial charge in [-0.15, -0.1) is 0 Å². The van der Waals surface area contributed by atoms with E-state index in [1.165, 1.54) is 57.8 Å². The van der Waals surface area contributed by atoms with Gasteiger partial charge in [-0.1, -0.05) is 188 Å². The number of aliphatic hydroxyl groups excluding tert-OH is 2. The van der Waals surface area contributed by atoms with Crippen LogP contribution in [0.3, 0.4) is 0 Å². The molecular weight excluding hydrogens is 627 g/mol. The molecular formula is C47H79NO3. The van der Waals surface area contributed by atoms with Crippen molar-refractivity contribution in [1.29, 1.82) is 0 Å². The van der Waals surface area contributed by atoms with E-state index >= 15 is 0 Å². The normalized spacial score (nSPS) is 14.0. The molecule has 1 amide bonds. The molecule has 0 fully saturated rings. The summed E-state index contributed by atoms with van der Waals surface area (Å²) in [5, 5.41) is 22.7. The van der Waals surface area contributed by atoms with Crippen molar-refractivity contribution < 1.29 is 15.0 Å². The maximum atomic E-state index is 12.2. The lowest BCUT2D eigenvalue weighted by Crippen LogP contribution is -2.45. The van der Waals surface area contributed by atoms with E-state index in [2.05, 4.69) is 116 Å². The largest absolute Gasteiger partial charge is 0.394 e. The maximum absolute atomic E-state index is 12.2. The fourth-order valence-electron chi connectivity index (χ4n) is 5.67. The third-order valence-corrected chi connectivity index (χ3v) is 8.86. The van der Waals surface area contributed by atoms with Crippen molar-refractivity contribution in [2.75, 3.05) is 6.61 Å². The molecule has 0 aliphatic heterocycles. The number of carbonyl (C=O) groups excluding carboxylic acids is 1. The van der Waals surface area contributed by atoms with Crippen molar-refractivity contribution in [2.45, 2.75) is 187 Å². The molecule has 2 unspecified atom stereocenters. The highest BCUT2D eigenvalue weighted by Crippen LogP contribution is 2.13. The molecule has 3 N–H and O–H groups in total. The molecule has 0 aromatic carbocycles. The van der Waals surface area contributed by atoms with Crippen molar-refractivity contribution in [3.05, 3.63) is 97.2 Å². The van der Waals surface area contributed by atoms with Crippen LogP contribution < -0.4 is 5.32 Å². The summed E-state index contributed by atoms with van der Waals surface area (Å²) in [6, 6.07) is -0.539. The zero-order valence-corrected chi connectivity index (χ0v) is 33.1. The molecule has 0 saturated carbocycles. The van der Waals surface area contributed by atoms with Gasteiger partial charge in [-0.25, -0.2) is 0 Å². The molecule has 4 heteroatoms. The topological polar surface area (TPSA) is 69.6 Å². The second-order valence-corrected chi connectivity index (χ2v) is 13.7. The Labute approximate surface area is 315 Å². The molecule has 2 atom stereocenters. The first-order valence-corrected chi connectivity index (χ1v) is 20.9. The minimum absolute atomic E-state index is 0.0511. The van der Waals surface area contributed by atoms with Gasteiger partial charge < -0.3 is 15.5 Å². The minimum atomic E-state index is -0.662. The number of unbranched alkanes of at least 4 members (excludes halogenated alkanes) is 13. The molecule has 51 heavy (non-hydrogen) atoms. The Morgan fingerprint density at radius 1 is 0.490 bits per heavy atom. The number of hydrogen-bond acceptors (Lipinski definition) is 3. The van der Waals surface area contributed by atoms with Gasteiger partial charge in [-0.05, 0) is 77.0 Å². The molecule has 0 rings (SSSR count). The van der Waals surface area contributed by atoms with Crippen LogP contribution in [-0.2, 0) is 4.79 Å². The first-order chi connectivity index (χ1) is 25.2. The maximum Gasteiger partial charge on any atom is 0.220 e. The number of nitrogens with one attached hydrogen (secondary N) is 1. The van der Waals surface area contributed by atoms with Crippen molar-refractivity contribution >= 4 is 5.91 Å². The Balaban J connectivity index is 3.54. The monoisotopic (exact) mass is 706 g/mol. The lowest BCUT2D eigenvalue weighted by Gasteiger charge is -2.22.